The molecule has 1 rings (SSSR count). The quantitative estimate of drug-likeness (QED) is 0.331. The highest BCUT2D eigenvalue weighted by Crippen LogP contribution is 2.16. The number of nitrogens with one attached hydrogen (secondary N) is 2. The van der Waals surface area contributed by atoms with Crippen molar-refractivity contribution < 1.29 is 13.9 Å². The molecule has 1 unspecified atom stereocenters. The van der Waals surface area contributed by atoms with Gasteiger partial charge in [0.25, 0.3) is 0 Å². The molecule has 5 nitrogen and oxygen atoms in total. The van der Waals surface area contributed by atoms with Crippen LogP contribution in [0.2, 0.25) is 0 Å². The van der Waals surface area contributed by atoms with Gasteiger partial charge in [-0.3, -0.25) is 9.79 Å². The number of aryl methyl sites for hydroxylation is 1. The average Bonchev–Trinajstić information content (AvgIpc) is 2.48. The van der Waals surface area contributed by atoms with Gasteiger partial charge in [0.05, 0.1) is 19.6 Å². The summed E-state index contributed by atoms with van der Waals surface area (Å²) in [5.41, 5.74) is 1.44. The van der Waals surface area contributed by atoms with Crippen LogP contribution in [0.4, 0.5) is 4.39 Å². The fourth-order valence-electron chi connectivity index (χ4n) is 1.75. The molecule has 2 N–H and O–H groups in total. The Hall–Kier alpha value is -1.38. The topological polar surface area (TPSA) is 62.7 Å². The minimum atomic E-state index is -0.286. The molecule has 124 valence electrons. The molecule has 1 aromatic carbocycles. The molecule has 22 heavy (non-hydrogen) atoms. The lowest BCUT2D eigenvalue weighted by Crippen LogP contribution is -2.39. The average molecular weight is 423 g/mol. The third-order valence-corrected chi connectivity index (χ3v) is 3.12. The predicted molar refractivity (Wildman–Crippen MR) is 96.1 cm³/mol. The number of esters is 1. The van der Waals surface area contributed by atoms with Crippen molar-refractivity contribution >= 4 is 35.9 Å². The zero-order valence-electron chi connectivity index (χ0n) is 13.3. The molecule has 0 saturated carbocycles. The fourth-order valence-corrected chi connectivity index (χ4v) is 1.75. The first-order chi connectivity index (χ1) is 9.97. The van der Waals surface area contributed by atoms with E-state index in [0.717, 1.165) is 5.56 Å². The van der Waals surface area contributed by atoms with Crippen LogP contribution in [0.5, 0.6) is 0 Å². The maximum atomic E-state index is 13.6. The number of aliphatic imine (C=N–C) groups is 1. The third kappa shape index (κ3) is 6.59. The lowest BCUT2D eigenvalue weighted by atomic mass is 10.1. The van der Waals surface area contributed by atoms with E-state index < -0.39 is 0 Å². The van der Waals surface area contributed by atoms with Gasteiger partial charge in [0.1, 0.15) is 5.82 Å². The van der Waals surface area contributed by atoms with Crippen LogP contribution in [0.1, 0.15) is 30.5 Å². The maximum Gasteiger partial charge on any atom is 0.307 e. The lowest BCUT2D eigenvalue weighted by Gasteiger charge is -2.18. The number of guanidine groups is 1. The second-order valence-electron chi connectivity index (χ2n) is 4.70. The van der Waals surface area contributed by atoms with Crippen molar-refractivity contribution in [1.82, 2.24) is 10.6 Å². The highest BCUT2D eigenvalue weighted by molar-refractivity contribution is 14.0. The highest BCUT2D eigenvalue weighted by Gasteiger charge is 2.10. The molecule has 0 bridgehead atoms. The number of carbonyl (C=O) groups excluding carboxylic acids is 1. The summed E-state index contributed by atoms with van der Waals surface area (Å²) >= 11 is 0. The van der Waals surface area contributed by atoms with Gasteiger partial charge in [-0.25, -0.2) is 4.39 Å². The number of methoxy groups -OCH3 is 1. The molecular weight excluding hydrogens is 400 g/mol. The molecule has 1 atom stereocenters. The number of hydrogen-bond acceptors (Lipinski definition) is 3. The summed E-state index contributed by atoms with van der Waals surface area (Å²) < 4.78 is 18.1. The molecule has 1 aromatic rings. The molecule has 0 fully saturated rings. The minimum absolute atomic E-state index is 0. The van der Waals surface area contributed by atoms with E-state index in [1.54, 1.807) is 20.0 Å². The summed E-state index contributed by atoms with van der Waals surface area (Å²) in [6, 6.07) is 5.02. The summed E-state index contributed by atoms with van der Waals surface area (Å²) in [4.78, 5) is 15.1. The van der Waals surface area contributed by atoms with E-state index in [1.165, 1.54) is 13.2 Å². The molecular formula is C15H23FIN3O2. The molecule has 0 spiro atoms. The Balaban J connectivity index is 0.00000441. The normalized spacial score (nSPS) is 12.1. The zero-order chi connectivity index (χ0) is 15.8. The Labute approximate surface area is 147 Å². The number of hydrogen-bond donors (Lipinski definition) is 2. The van der Waals surface area contributed by atoms with E-state index in [1.807, 2.05) is 13.0 Å². The number of nitrogens with zero attached hydrogens (tertiary/aromatic N) is 1. The van der Waals surface area contributed by atoms with Crippen molar-refractivity contribution in [2.24, 2.45) is 4.99 Å². The van der Waals surface area contributed by atoms with E-state index in [0.29, 0.717) is 18.1 Å². The van der Waals surface area contributed by atoms with Crippen LogP contribution in [0.25, 0.3) is 0 Å². The highest BCUT2D eigenvalue weighted by atomic mass is 127. The smallest absolute Gasteiger partial charge is 0.307 e. The Morgan fingerprint density at radius 3 is 2.68 bits per heavy atom. The zero-order valence-corrected chi connectivity index (χ0v) is 15.6. The van der Waals surface area contributed by atoms with Gasteiger partial charge in [-0.15, -0.1) is 24.0 Å². The number of rotatable bonds is 5. The molecule has 0 radical (unpaired) electrons. The van der Waals surface area contributed by atoms with Crippen LogP contribution in [-0.4, -0.2) is 32.6 Å². The maximum absolute atomic E-state index is 13.6. The summed E-state index contributed by atoms with van der Waals surface area (Å²) in [5.74, 6) is 0.0359. The standard InChI is InChI=1S/C15H22FN3O2.HI/c1-10-5-6-12(9-13(10)16)11(2)19-15(17-3)18-8-7-14(20)21-4;/h5-6,9,11H,7-8H2,1-4H3,(H2,17,18,19);1H. The Morgan fingerprint density at radius 2 is 2.14 bits per heavy atom. The molecule has 0 aromatic heterocycles. The van der Waals surface area contributed by atoms with Gasteiger partial charge in [-0.1, -0.05) is 12.1 Å². The second kappa shape index (κ2) is 10.4. The van der Waals surface area contributed by atoms with Crippen LogP contribution in [-0.2, 0) is 9.53 Å². The van der Waals surface area contributed by atoms with Gasteiger partial charge < -0.3 is 15.4 Å². The van der Waals surface area contributed by atoms with E-state index in [2.05, 4.69) is 20.4 Å². The van der Waals surface area contributed by atoms with E-state index in [9.17, 15) is 9.18 Å². The number of benzene rings is 1. The van der Waals surface area contributed by atoms with Crippen LogP contribution in [0, 0.1) is 12.7 Å². The van der Waals surface area contributed by atoms with Crippen LogP contribution < -0.4 is 10.6 Å². The monoisotopic (exact) mass is 423 g/mol. The van der Waals surface area contributed by atoms with Crippen molar-refractivity contribution in [3.63, 3.8) is 0 Å². The summed E-state index contributed by atoms with van der Waals surface area (Å²) in [5, 5.41) is 6.15. The van der Waals surface area contributed by atoms with Crippen LogP contribution in [0.15, 0.2) is 23.2 Å². The van der Waals surface area contributed by atoms with Gasteiger partial charge in [-0.05, 0) is 31.0 Å². The molecule has 0 aliphatic rings. The summed E-state index contributed by atoms with van der Waals surface area (Å²) in [6.45, 7) is 4.06. The summed E-state index contributed by atoms with van der Waals surface area (Å²) in [6.07, 6.45) is 0.255. The Kier molecular flexibility index (Phi) is 9.71. The van der Waals surface area contributed by atoms with Crippen molar-refractivity contribution in [2.45, 2.75) is 26.3 Å². The SMILES string of the molecule is CN=C(NCCC(=O)OC)NC(C)c1ccc(C)c(F)c1.I. The molecule has 0 heterocycles. The number of ether oxygens (including phenoxy) is 1. The molecule has 0 saturated heterocycles. The third-order valence-electron chi connectivity index (χ3n) is 3.12. The van der Waals surface area contributed by atoms with Crippen molar-refractivity contribution in [2.75, 3.05) is 20.7 Å². The lowest BCUT2D eigenvalue weighted by molar-refractivity contribution is -0.140. The largest absolute Gasteiger partial charge is 0.469 e. The molecule has 0 amide bonds. The van der Waals surface area contributed by atoms with Gasteiger partial charge in [0.2, 0.25) is 0 Å². The minimum Gasteiger partial charge on any atom is -0.469 e. The molecule has 7 heteroatoms. The van der Waals surface area contributed by atoms with Gasteiger partial charge >= 0.3 is 5.97 Å². The van der Waals surface area contributed by atoms with E-state index in [4.69, 9.17) is 0 Å². The number of halogens is 2. The van der Waals surface area contributed by atoms with E-state index >= 15 is 0 Å². The first kappa shape index (κ1) is 20.6. The van der Waals surface area contributed by atoms with Gasteiger partial charge in [-0.2, -0.15) is 0 Å². The Morgan fingerprint density at radius 1 is 1.45 bits per heavy atom. The van der Waals surface area contributed by atoms with E-state index in [-0.39, 0.29) is 48.2 Å². The van der Waals surface area contributed by atoms with Gasteiger partial charge in [0, 0.05) is 13.6 Å². The van der Waals surface area contributed by atoms with Crippen molar-refractivity contribution in [1.29, 1.82) is 0 Å². The predicted octanol–water partition coefficient (Wildman–Crippen LogP) is 2.54. The van der Waals surface area contributed by atoms with Crippen molar-refractivity contribution in [3.05, 3.63) is 35.1 Å². The second-order valence-corrected chi connectivity index (χ2v) is 4.70. The molecule has 0 aliphatic heterocycles. The Bertz CT molecular complexity index is 524. The van der Waals surface area contributed by atoms with Crippen LogP contribution >= 0.6 is 24.0 Å². The van der Waals surface area contributed by atoms with Crippen molar-refractivity contribution in [3.8, 4) is 0 Å². The first-order valence-corrected chi connectivity index (χ1v) is 6.78. The molecule has 0 aliphatic carbocycles. The number of carbonyl (C=O) groups is 1. The van der Waals surface area contributed by atoms with Crippen LogP contribution in [0.3, 0.4) is 0 Å². The van der Waals surface area contributed by atoms with Gasteiger partial charge in [0.15, 0.2) is 5.96 Å². The summed E-state index contributed by atoms with van der Waals surface area (Å²) in [7, 11) is 2.99. The first-order valence-electron chi connectivity index (χ1n) is 6.78. The fraction of sp³-hybridized carbons (Fsp3) is 0.467.